The molecule has 0 aliphatic heterocycles. The van der Waals surface area contributed by atoms with Crippen LogP contribution in [-0.4, -0.2) is 123 Å². The van der Waals surface area contributed by atoms with E-state index < -0.39 is 17.6 Å². The summed E-state index contributed by atoms with van der Waals surface area (Å²) in [5, 5.41) is 12.8. The molecule has 3 heterocycles. The smallest absolute Gasteiger partial charge is 0.361 e. The molecule has 17 nitrogen and oxygen atoms in total. The summed E-state index contributed by atoms with van der Waals surface area (Å²) in [5.41, 5.74) is 1.25. The minimum Gasteiger partial charge on any atom is -0.504 e. The maximum atomic E-state index is 14.1. The Hall–Kier alpha value is -5.95. The van der Waals surface area contributed by atoms with Gasteiger partial charge in [0, 0.05) is 48.2 Å². The number of phenols is 1. The van der Waals surface area contributed by atoms with Gasteiger partial charge in [0.25, 0.3) is 0 Å². The average Bonchev–Trinajstić information content (AvgIpc) is 3.59. The van der Waals surface area contributed by atoms with Crippen molar-refractivity contribution < 1.29 is 71.2 Å². The highest BCUT2D eigenvalue weighted by Gasteiger charge is 2.26. The third-order valence-electron chi connectivity index (χ3n) is 9.09. The Bertz CT molecular complexity index is 2490. The summed E-state index contributed by atoms with van der Waals surface area (Å²) in [4.78, 5) is 39.6. The van der Waals surface area contributed by atoms with Crippen molar-refractivity contribution >= 4 is 50.1 Å². The number of pyridine rings is 1. The van der Waals surface area contributed by atoms with Crippen LogP contribution in [0.15, 0.2) is 63.9 Å². The van der Waals surface area contributed by atoms with Crippen LogP contribution in [-0.2, 0) is 38.0 Å². The van der Waals surface area contributed by atoms with Crippen LogP contribution in [0.3, 0.4) is 0 Å². The molecule has 17 heteroatoms. The van der Waals surface area contributed by atoms with E-state index in [1.165, 1.54) is 27.4 Å². The Morgan fingerprint density at radius 2 is 1.19 bits per heavy atom. The number of aromatic hydroxyl groups is 1. The summed E-state index contributed by atoms with van der Waals surface area (Å²) in [5.74, 6) is -0.725. The molecule has 6 aromatic rings. The van der Waals surface area contributed by atoms with E-state index in [1.807, 2.05) is 0 Å². The Labute approximate surface area is 337 Å². The number of benzene rings is 3. The van der Waals surface area contributed by atoms with E-state index in [-0.39, 0.29) is 85.2 Å². The fourth-order valence-electron chi connectivity index (χ4n) is 6.45. The number of ether oxygens (including phenoxy) is 11. The molecule has 6 rings (SSSR count). The molecule has 3 aromatic heterocycles. The van der Waals surface area contributed by atoms with E-state index in [0.29, 0.717) is 64.6 Å². The van der Waals surface area contributed by atoms with Crippen LogP contribution in [0.1, 0.15) is 0 Å². The molecule has 0 saturated carbocycles. The molecule has 314 valence electrons. The molecule has 0 fully saturated rings. The monoisotopic (exact) mass is 819 g/mol. The highest BCUT2D eigenvalue weighted by Crippen LogP contribution is 2.46. The topological polar surface area (TPSA) is 191 Å². The van der Waals surface area contributed by atoms with Crippen molar-refractivity contribution in [2.75, 3.05) is 102 Å². The van der Waals surface area contributed by atoms with Crippen molar-refractivity contribution in [3.63, 3.8) is 0 Å². The average molecular weight is 820 g/mol. The Kier molecular flexibility index (Phi) is 14.6. The Morgan fingerprint density at radius 3 is 1.81 bits per heavy atom. The molecule has 3 aromatic carbocycles. The number of methoxy groups -OCH3 is 5. The predicted octanol–water partition coefficient (Wildman–Crippen LogP) is 4.92. The number of esters is 2. The van der Waals surface area contributed by atoms with Gasteiger partial charge in [-0.15, -0.1) is 0 Å². The van der Waals surface area contributed by atoms with Gasteiger partial charge in [-0.3, -0.25) is 0 Å². The fourth-order valence-corrected chi connectivity index (χ4v) is 6.45. The number of aromatic nitrogens is 1. The maximum Gasteiger partial charge on any atom is 0.361 e. The summed E-state index contributed by atoms with van der Waals surface area (Å²) in [6, 6.07) is 13.0. The standard InChI is InChI=1S/C42H45NO16/c1-48-10-12-53-14-16-55-23-36(45)57-30-7-6-26(19-33(30)51-4)38-39-28-21-34(52-5)35(58-37(46)24-56-17-15-54-13-11-49-2)22-31(28)59-42(47)41(39)43-9-8-25-18-29(44)32(50-3)20-27(25)40(38)43/h6-9,18-22,44H,10-17,23-24H2,1-5H3. The molecule has 0 aliphatic rings. The first-order valence-corrected chi connectivity index (χ1v) is 18.4. The molecule has 0 spiro atoms. The van der Waals surface area contributed by atoms with E-state index in [2.05, 4.69) is 0 Å². The molecular formula is C42H45NO16. The first kappa shape index (κ1) is 42.7. The highest BCUT2D eigenvalue weighted by atomic mass is 16.6. The second-order valence-corrected chi connectivity index (χ2v) is 12.8. The fraction of sp³-hybridized carbons (Fsp3) is 0.357. The van der Waals surface area contributed by atoms with Crippen LogP contribution < -0.4 is 29.3 Å². The zero-order valence-corrected chi connectivity index (χ0v) is 33.3. The zero-order valence-electron chi connectivity index (χ0n) is 33.3. The van der Waals surface area contributed by atoms with Crippen molar-refractivity contribution in [1.82, 2.24) is 4.40 Å². The van der Waals surface area contributed by atoms with E-state index in [0.717, 1.165) is 0 Å². The molecule has 1 N–H and O–H groups in total. The van der Waals surface area contributed by atoms with Crippen LogP contribution in [0.25, 0.3) is 49.3 Å². The number of carbonyl (C=O) groups is 2. The van der Waals surface area contributed by atoms with Gasteiger partial charge in [0.05, 0.1) is 79.7 Å². The van der Waals surface area contributed by atoms with Gasteiger partial charge < -0.3 is 66.0 Å². The van der Waals surface area contributed by atoms with Gasteiger partial charge in [0.1, 0.15) is 24.3 Å². The number of hydrogen-bond acceptors (Lipinski definition) is 16. The number of nitrogens with zero attached hydrogens (tertiary/aromatic N) is 1. The van der Waals surface area contributed by atoms with Gasteiger partial charge in [-0.2, -0.15) is 0 Å². The summed E-state index contributed by atoms with van der Waals surface area (Å²) < 4.78 is 67.1. The summed E-state index contributed by atoms with van der Waals surface area (Å²) >= 11 is 0. The predicted molar refractivity (Wildman–Crippen MR) is 214 cm³/mol. The molecule has 0 atom stereocenters. The lowest BCUT2D eigenvalue weighted by molar-refractivity contribution is -0.141. The van der Waals surface area contributed by atoms with Crippen molar-refractivity contribution in [2.45, 2.75) is 0 Å². The molecule has 0 bridgehead atoms. The first-order chi connectivity index (χ1) is 28.7. The Balaban J connectivity index is 1.43. The summed E-state index contributed by atoms with van der Waals surface area (Å²) in [6.07, 6.45) is 1.70. The Morgan fingerprint density at radius 1 is 0.610 bits per heavy atom. The van der Waals surface area contributed by atoms with Crippen molar-refractivity contribution in [2.24, 2.45) is 0 Å². The van der Waals surface area contributed by atoms with E-state index >= 15 is 0 Å². The second-order valence-electron chi connectivity index (χ2n) is 12.8. The third kappa shape index (κ3) is 9.68. The minimum absolute atomic E-state index is 0.00106. The van der Waals surface area contributed by atoms with Crippen LogP contribution in [0, 0.1) is 0 Å². The van der Waals surface area contributed by atoms with Gasteiger partial charge >= 0.3 is 17.6 Å². The molecule has 0 amide bonds. The summed E-state index contributed by atoms with van der Waals surface area (Å²) in [6.45, 7) is 1.85. The van der Waals surface area contributed by atoms with Crippen molar-refractivity contribution in [1.29, 1.82) is 0 Å². The molecule has 0 aliphatic carbocycles. The lowest BCUT2D eigenvalue weighted by Gasteiger charge is -2.13. The van der Waals surface area contributed by atoms with Crippen LogP contribution >= 0.6 is 0 Å². The third-order valence-corrected chi connectivity index (χ3v) is 9.09. The quantitative estimate of drug-likeness (QED) is 0.0420. The van der Waals surface area contributed by atoms with Crippen LogP contribution in [0.5, 0.6) is 34.5 Å². The van der Waals surface area contributed by atoms with Gasteiger partial charge in [-0.05, 0) is 47.3 Å². The second kappa shape index (κ2) is 20.1. The van der Waals surface area contributed by atoms with Gasteiger partial charge in [0.15, 0.2) is 34.5 Å². The van der Waals surface area contributed by atoms with Crippen LogP contribution in [0.4, 0.5) is 0 Å². The minimum atomic E-state index is -0.714. The lowest BCUT2D eigenvalue weighted by Crippen LogP contribution is -2.18. The van der Waals surface area contributed by atoms with Gasteiger partial charge in [-0.25, -0.2) is 14.4 Å². The maximum absolute atomic E-state index is 14.1. The van der Waals surface area contributed by atoms with Crippen LogP contribution in [0.2, 0.25) is 0 Å². The summed E-state index contributed by atoms with van der Waals surface area (Å²) in [7, 11) is 7.43. The normalized spacial score (nSPS) is 11.5. The van der Waals surface area contributed by atoms with E-state index in [9.17, 15) is 19.5 Å². The zero-order chi connectivity index (χ0) is 41.9. The van der Waals surface area contributed by atoms with E-state index in [4.69, 9.17) is 56.5 Å². The number of fused-ring (bicyclic) bond motifs is 7. The highest BCUT2D eigenvalue weighted by molar-refractivity contribution is 6.22. The molecular weight excluding hydrogens is 774 g/mol. The van der Waals surface area contributed by atoms with E-state index in [1.54, 1.807) is 67.3 Å². The number of carbonyl (C=O) groups excluding carboxylic acids is 2. The molecule has 59 heavy (non-hydrogen) atoms. The van der Waals surface area contributed by atoms with Gasteiger partial charge in [-0.1, -0.05) is 6.07 Å². The number of rotatable bonds is 22. The largest absolute Gasteiger partial charge is 0.504 e. The molecule has 0 unspecified atom stereocenters. The first-order valence-electron chi connectivity index (χ1n) is 18.4. The lowest BCUT2D eigenvalue weighted by atomic mass is 9.98. The SMILES string of the molecule is COCCOCCOCC(=O)Oc1ccc(-c2c3c4cc(OC)c(OC(=O)COCCOCCOC)cc4oc(=O)c3n3ccc4cc(O)c(OC)cc4c23)cc1OC. The molecule has 0 saturated heterocycles. The van der Waals surface area contributed by atoms with Gasteiger partial charge in [0.2, 0.25) is 0 Å². The number of phenolic OH excluding ortho intramolecular Hbond substituents is 1. The van der Waals surface area contributed by atoms with Crippen molar-refractivity contribution in [3.8, 4) is 45.6 Å². The molecule has 0 radical (unpaired) electrons. The number of hydrogen-bond donors (Lipinski definition) is 1. The van der Waals surface area contributed by atoms with Crippen molar-refractivity contribution in [3.05, 3.63) is 65.1 Å².